The first-order valence-electron chi connectivity index (χ1n) is 10.4. The molecule has 1 atom stereocenters. The number of benzene rings is 1. The van der Waals surface area contributed by atoms with E-state index in [1.54, 1.807) is 19.4 Å². The lowest BCUT2D eigenvalue weighted by molar-refractivity contribution is 0.0918. The molecule has 0 spiro atoms. The van der Waals surface area contributed by atoms with Gasteiger partial charge in [0.2, 0.25) is 0 Å². The van der Waals surface area contributed by atoms with E-state index in [2.05, 4.69) is 15.4 Å². The van der Waals surface area contributed by atoms with Gasteiger partial charge in [0.1, 0.15) is 11.5 Å². The second-order valence-corrected chi connectivity index (χ2v) is 7.50. The van der Waals surface area contributed by atoms with E-state index in [-0.39, 0.29) is 17.6 Å². The Hall–Kier alpha value is -3.06. The molecule has 0 bridgehead atoms. The van der Waals surface area contributed by atoms with Gasteiger partial charge in [0.05, 0.1) is 19.4 Å². The Morgan fingerprint density at radius 1 is 1.17 bits per heavy atom. The lowest BCUT2D eigenvalue weighted by Crippen LogP contribution is -2.38. The first-order chi connectivity index (χ1) is 14.7. The van der Waals surface area contributed by atoms with Gasteiger partial charge in [-0.25, -0.2) is 0 Å². The Morgan fingerprint density at radius 2 is 1.93 bits per heavy atom. The van der Waals surface area contributed by atoms with Gasteiger partial charge in [0.15, 0.2) is 11.5 Å². The highest BCUT2D eigenvalue weighted by atomic mass is 16.5. The van der Waals surface area contributed by atoms with Crippen molar-refractivity contribution in [3.05, 3.63) is 60.2 Å². The molecular formula is C23H27N3O4. The molecule has 1 fully saturated rings. The fourth-order valence-corrected chi connectivity index (χ4v) is 3.85. The van der Waals surface area contributed by atoms with E-state index >= 15 is 0 Å². The van der Waals surface area contributed by atoms with Gasteiger partial charge in [-0.2, -0.15) is 0 Å². The van der Waals surface area contributed by atoms with Crippen LogP contribution in [-0.4, -0.2) is 42.7 Å². The summed E-state index contributed by atoms with van der Waals surface area (Å²) >= 11 is 0. The molecule has 1 unspecified atom stereocenters. The number of hydrogen-bond acceptors (Lipinski definition) is 6. The Morgan fingerprint density at radius 3 is 2.60 bits per heavy atom. The van der Waals surface area contributed by atoms with Crippen LogP contribution in [0.4, 0.5) is 0 Å². The molecule has 7 nitrogen and oxygen atoms in total. The smallest absolute Gasteiger partial charge is 0.273 e. The molecule has 1 aliphatic heterocycles. The van der Waals surface area contributed by atoms with Crippen molar-refractivity contribution in [1.29, 1.82) is 0 Å². The van der Waals surface area contributed by atoms with Crippen LogP contribution in [0, 0.1) is 0 Å². The highest BCUT2D eigenvalue weighted by molar-refractivity contribution is 5.93. The van der Waals surface area contributed by atoms with Crippen molar-refractivity contribution in [2.45, 2.75) is 31.7 Å². The van der Waals surface area contributed by atoms with E-state index in [1.807, 2.05) is 36.4 Å². The highest BCUT2D eigenvalue weighted by Crippen LogP contribution is 2.25. The minimum absolute atomic E-state index is 0.00927. The van der Waals surface area contributed by atoms with Crippen LogP contribution in [0.5, 0.6) is 5.75 Å². The lowest BCUT2D eigenvalue weighted by atomic mass is 10.1. The third-order valence-corrected chi connectivity index (χ3v) is 5.53. The molecule has 30 heavy (non-hydrogen) atoms. The van der Waals surface area contributed by atoms with Crippen molar-refractivity contribution in [3.63, 3.8) is 0 Å². The highest BCUT2D eigenvalue weighted by Gasteiger charge is 2.25. The van der Waals surface area contributed by atoms with Crippen LogP contribution < -0.4 is 10.1 Å². The summed E-state index contributed by atoms with van der Waals surface area (Å²) in [6.07, 6.45) is 6.52. The lowest BCUT2D eigenvalue weighted by Gasteiger charge is -2.29. The van der Waals surface area contributed by atoms with Crippen LogP contribution in [0.25, 0.3) is 11.3 Å². The molecule has 1 aliphatic rings. The van der Waals surface area contributed by atoms with E-state index in [4.69, 9.17) is 13.7 Å². The minimum Gasteiger partial charge on any atom is -0.497 e. The predicted octanol–water partition coefficient (Wildman–Crippen LogP) is 4.29. The van der Waals surface area contributed by atoms with Crippen LogP contribution in [0.15, 0.2) is 57.7 Å². The van der Waals surface area contributed by atoms with Crippen molar-refractivity contribution in [3.8, 4) is 17.1 Å². The number of aromatic nitrogens is 1. The Bertz CT molecular complexity index is 926. The van der Waals surface area contributed by atoms with Gasteiger partial charge < -0.3 is 19.0 Å². The van der Waals surface area contributed by atoms with Gasteiger partial charge in [0.25, 0.3) is 5.91 Å². The third-order valence-electron chi connectivity index (χ3n) is 5.53. The summed E-state index contributed by atoms with van der Waals surface area (Å²) in [5.41, 5.74) is 1.09. The molecule has 4 rings (SSSR count). The number of carbonyl (C=O) groups excluding carboxylic acids is 1. The molecule has 3 aromatic rings. The van der Waals surface area contributed by atoms with E-state index in [0.29, 0.717) is 12.3 Å². The Balaban J connectivity index is 1.42. The maximum atomic E-state index is 12.7. The molecule has 7 heteroatoms. The average molecular weight is 409 g/mol. The van der Waals surface area contributed by atoms with Gasteiger partial charge in [-0.1, -0.05) is 18.0 Å². The molecule has 0 radical (unpaired) electrons. The van der Waals surface area contributed by atoms with E-state index in [1.165, 1.54) is 25.7 Å². The maximum absolute atomic E-state index is 12.7. The molecule has 1 amide bonds. The average Bonchev–Trinajstić information content (AvgIpc) is 3.42. The number of nitrogens with zero attached hydrogens (tertiary/aromatic N) is 2. The van der Waals surface area contributed by atoms with Crippen LogP contribution in [0.1, 0.15) is 48.0 Å². The van der Waals surface area contributed by atoms with Crippen LogP contribution in [-0.2, 0) is 0 Å². The zero-order valence-corrected chi connectivity index (χ0v) is 17.2. The van der Waals surface area contributed by atoms with Crippen molar-refractivity contribution < 1.29 is 18.5 Å². The third kappa shape index (κ3) is 4.74. The molecule has 2 aromatic heterocycles. The largest absolute Gasteiger partial charge is 0.497 e. The van der Waals surface area contributed by atoms with Crippen molar-refractivity contribution >= 4 is 5.91 Å². The fraction of sp³-hybridized carbons (Fsp3) is 0.391. The van der Waals surface area contributed by atoms with Gasteiger partial charge in [-0.05, 0) is 62.3 Å². The van der Waals surface area contributed by atoms with Crippen LogP contribution >= 0.6 is 0 Å². The van der Waals surface area contributed by atoms with Gasteiger partial charge >= 0.3 is 0 Å². The van der Waals surface area contributed by atoms with Crippen LogP contribution in [0.3, 0.4) is 0 Å². The number of ether oxygens (including phenoxy) is 1. The minimum atomic E-state index is -0.259. The summed E-state index contributed by atoms with van der Waals surface area (Å²) in [6.45, 7) is 2.47. The Labute approximate surface area is 176 Å². The number of methoxy groups -OCH3 is 1. The summed E-state index contributed by atoms with van der Waals surface area (Å²) in [5, 5.41) is 6.95. The quantitative estimate of drug-likeness (QED) is 0.627. The summed E-state index contributed by atoms with van der Waals surface area (Å²) in [7, 11) is 1.62. The first-order valence-corrected chi connectivity index (χ1v) is 10.4. The molecule has 0 saturated carbocycles. The van der Waals surface area contributed by atoms with Crippen molar-refractivity contribution in [1.82, 2.24) is 15.4 Å². The molecule has 158 valence electrons. The first kappa shape index (κ1) is 20.2. The van der Waals surface area contributed by atoms with E-state index < -0.39 is 0 Å². The SMILES string of the molecule is COc1ccc(-c2cc(C(=O)NCC(c3ccco3)N3CCCCCC3)no2)cc1. The molecule has 0 aliphatic carbocycles. The summed E-state index contributed by atoms with van der Waals surface area (Å²) in [5.74, 6) is 1.91. The maximum Gasteiger partial charge on any atom is 0.273 e. The van der Waals surface area contributed by atoms with Crippen molar-refractivity contribution in [2.24, 2.45) is 0 Å². The molecule has 1 N–H and O–H groups in total. The van der Waals surface area contributed by atoms with E-state index in [0.717, 1.165) is 30.2 Å². The fourth-order valence-electron chi connectivity index (χ4n) is 3.85. The monoisotopic (exact) mass is 409 g/mol. The number of rotatable bonds is 7. The second kappa shape index (κ2) is 9.63. The zero-order chi connectivity index (χ0) is 20.8. The Kier molecular flexibility index (Phi) is 6.49. The molecule has 1 saturated heterocycles. The van der Waals surface area contributed by atoms with Gasteiger partial charge in [0, 0.05) is 18.2 Å². The standard InChI is InChI=1S/C23H27N3O4/c1-28-18-10-8-17(9-11-18)22-15-19(25-30-22)23(27)24-16-20(21-7-6-14-29-21)26-12-4-2-3-5-13-26/h6-11,14-15,20H,2-5,12-13,16H2,1H3,(H,24,27). The predicted molar refractivity (Wildman–Crippen MR) is 112 cm³/mol. The number of amides is 1. The van der Waals surface area contributed by atoms with Crippen LogP contribution in [0.2, 0.25) is 0 Å². The topological polar surface area (TPSA) is 80.7 Å². The molecular weight excluding hydrogens is 382 g/mol. The number of carbonyl (C=O) groups is 1. The summed E-state index contributed by atoms with van der Waals surface area (Å²) < 4.78 is 16.2. The van der Waals surface area contributed by atoms with Gasteiger partial charge in [-0.3, -0.25) is 9.69 Å². The number of hydrogen-bond donors (Lipinski definition) is 1. The zero-order valence-electron chi connectivity index (χ0n) is 17.2. The van der Waals surface area contributed by atoms with Crippen molar-refractivity contribution in [2.75, 3.05) is 26.7 Å². The number of furan rings is 1. The normalized spacial score (nSPS) is 16.0. The molecule has 3 heterocycles. The van der Waals surface area contributed by atoms with Gasteiger partial charge in [-0.15, -0.1) is 0 Å². The summed E-state index contributed by atoms with van der Waals surface area (Å²) in [4.78, 5) is 15.1. The summed E-state index contributed by atoms with van der Waals surface area (Å²) in [6, 6.07) is 12.9. The second-order valence-electron chi connectivity index (χ2n) is 7.50. The number of nitrogens with one attached hydrogen (secondary N) is 1. The van der Waals surface area contributed by atoms with E-state index in [9.17, 15) is 4.79 Å². The molecule has 1 aromatic carbocycles. The number of likely N-dealkylation sites (tertiary alicyclic amines) is 1.